The maximum atomic E-state index is 14.3. The number of halogens is 4. The number of aromatic nitrogens is 3. The van der Waals surface area contributed by atoms with Gasteiger partial charge >= 0.3 is 0 Å². The number of benzene rings is 2. The summed E-state index contributed by atoms with van der Waals surface area (Å²) in [6, 6.07) is 8.98. The van der Waals surface area contributed by atoms with Crippen LogP contribution in [0.3, 0.4) is 0 Å². The molecule has 0 saturated heterocycles. The van der Waals surface area contributed by atoms with Gasteiger partial charge in [-0.3, -0.25) is 9.78 Å². The molecule has 0 amide bonds. The molecule has 4 aromatic rings. The first-order valence-electron chi connectivity index (χ1n) is 8.88. The lowest BCUT2D eigenvalue weighted by molar-refractivity contribution is 0.515. The highest BCUT2D eigenvalue weighted by molar-refractivity contribution is 6.36. The fraction of sp³-hybridized carbons (Fsp3) is 0.0952. The van der Waals surface area contributed by atoms with Crippen LogP contribution in [-0.4, -0.2) is 15.0 Å². The SMILES string of the molecule is O=c1cc(CN(Cc2c(Cl)cccc2Cl)c2cnccn2)c2ccc(F)c(F)c2[nH]1. The van der Waals surface area contributed by atoms with E-state index in [0.29, 0.717) is 32.4 Å². The number of nitrogens with zero attached hydrogens (tertiary/aromatic N) is 3. The number of anilines is 1. The number of nitrogens with one attached hydrogen (secondary N) is 1. The molecule has 0 aliphatic carbocycles. The van der Waals surface area contributed by atoms with Gasteiger partial charge in [0, 0.05) is 52.5 Å². The summed E-state index contributed by atoms with van der Waals surface area (Å²) in [7, 11) is 0. The third kappa shape index (κ3) is 3.99. The van der Waals surface area contributed by atoms with Crippen LogP contribution in [0, 0.1) is 11.6 Å². The first kappa shape index (κ1) is 20.3. The van der Waals surface area contributed by atoms with Gasteiger partial charge in [0.2, 0.25) is 5.56 Å². The number of hydrogen-bond donors (Lipinski definition) is 1. The molecule has 5 nitrogen and oxygen atoms in total. The van der Waals surface area contributed by atoms with Crippen molar-refractivity contribution in [2.75, 3.05) is 4.90 Å². The topological polar surface area (TPSA) is 61.9 Å². The van der Waals surface area contributed by atoms with Gasteiger partial charge in [-0.1, -0.05) is 29.3 Å². The van der Waals surface area contributed by atoms with E-state index < -0.39 is 17.2 Å². The van der Waals surface area contributed by atoms with Crippen molar-refractivity contribution in [3.63, 3.8) is 0 Å². The number of H-pyrrole nitrogens is 1. The monoisotopic (exact) mass is 446 g/mol. The molecule has 152 valence electrons. The van der Waals surface area contributed by atoms with E-state index in [1.165, 1.54) is 24.5 Å². The molecule has 0 fully saturated rings. The molecule has 2 aromatic carbocycles. The van der Waals surface area contributed by atoms with E-state index in [2.05, 4.69) is 15.0 Å². The van der Waals surface area contributed by atoms with E-state index in [4.69, 9.17) is 23.2 Å². The lowest BCUT2D eigenvalue weighted by Gasteiger charge is -2.25. The van der Waals surface area contributed by atoms with Gasteiger partial charge < -0.3 is 9.88 Å². The van der Waals surface area contributed by atoms with Gasteiger partial charge in [-0.15, -0.1) is 0 Å². The summed E-state index contributed by atoms with van der Waals surface area (Å²) in [6.07, 6.45) is 4.62. The molecule has 0 saturated carbocycles. The molecule has 0 atom stereocenters. The summed E-state index contributed by atoms with van der Waals surface area (Å²) in [5.74, 6) is -1.64. The summed E-state index contributed by atoms with van der Waals surface area (Å²) < 4.78 is 27.9. The lowest BCUT2D eigenvalue weighted by atomic mass is 10.1. The quantitative estimate of drug-likeness (QED) is 0.462. The fourth-order valence-electron chi connectivity index (χ4n) is 3.22. The highest BCUT2D eigenvalue weighted by atomic mass is 35.5. The third-order valence-corrected chi connectivity index (χ3v) is 5.35. The Kier molecular flexibility index (Phi) is 5.65. The van der Waals surface area contributed by atoms with Gasteiger partial charge in [0.25, 0.3) is 0 Å². The summed E-state index contributed by atoms with van der Waals surface area (Å²) in [5.41, 5.74) is 0.420. The molecule has 0 radical (unpaired) electrons. The second kappa shape index (κ2) is 8.38. The normalized spacial score (nSPS) is 11.1. The van der Waals surface area contributed by atoms with Gasteiger partial charge in [-0.2, -0.15) is 0 Å². The second-order valence-electron chi connectivity index (χ2n) is 6.56. The van der Waals surface area contributed by atoms with Crippen molar-refractivity contribution in [3.8, 4) is 0 Å². The van der Waals surface area contributed by atoms with Crippen LogP contribution in [-0.2, 0) is 13.1 Å². The van der Waals surface area contributed by atoms with E-state index in [9.17, 15) is 13.6 Å². The van der Waals surface area contributed by atoms with Crippen LogP contribution in [0.4, 0.5) is 14.6 Å². The van der Waals surface area contributed by atoms with Crippen LogP contribution < -0.4 is 10.5 Å². The second-order valence-corrected chi connectivity index (χ2v) is 7.38. The number of aromatic amines is 1. The van der Waals surface area contributed by atoms with E-state index in [1.54, 1.807) is 29.3 Å². The zero-order valence-electron chi connectivity index (χ0n) is 15.4. The predicted molar refractivity (Wildman–Crippen MR) is 113 cm³/mol. The summed E-state index contributed by atoms with van der Waals surface area (Å²) in [6.45, 7) is 0.418. The molecular formula is C21H14Cl2F2N4O. The summed E-state index contributed by atoms with van der Waals surface area (Å²) in [4.78, 5) is 24.7. The largest absolute Gasteiger partial charge is 0.347 e. The Labute approximate surface area is 179 Å². The maximum Gasteiger partial charge on any atom is 0.248 e. The molecular weight excluding hydrogens is 433 g/mol. The Morgan fingerprint density at radius 2 is 1.80 bits per heavy atom. The van der Waals surface area contributed by atoms with Crippen molar-refractivity contribution in [3.05, 3.63) is 98.1 Å². The summed E-state index contributed by atoms with van der Waals surface area (Å²) >= 11 is 12.7. The lowest BCUT2D eigenvalue weighted by Crippen LogP contribution is -2.25. The van der Waals surface area contributed by atoms with Crippen LogP contribution in [0.25, 0.3) is 10.9 Å². The van der Waals surface area contributed by atoms with E-state index >= 15 is 0 Å². The van der Waals surface area contributed by atoms with Gasteiger partial charge in [-0.05, 0) is 29.8 Å². The molecule has 9 heteroatoms. The Hall–Kier alpha value is -3.03. The Bertz CT molecular complexity index is 1260. The minimum atomic E-state index is -1.10. The van der Waals surface area contributed by atoms with Crippen LogP contribution in [0.1, 0.15) is 11.1 Å². The Morgan fingerprint density at radius 3 is 2.50 bits per heavy atom. The Balaban J connectivity index is 1.82. The van der Waals surface area contributed by atoms with Crippen LogP contribution >= 0.6 is 23.2 Å². The van der Waals surface area contributed by atoms with Crippen molar-refractivity contribution < 1.29 is 8.78 Å². The predicted octanol–water partition coefficient (Wildman–Crippen LogP) is 5.11. The molecule has 30 heavy (non-hydrogen) atoms. The zero-order chi connectivity index (χ0) is 21.3. The molecule has 2 aromatic heterocycles. The first-order valence-corrected chi connectivity index (χ1v) is 9.63. The highest BCUT2D eigenvalue weighted by Crippen LogP contribution is 2.29. The number of fused-ring (bicyclic) bond motifs is 1. The van der Waals surface area contributed by atoms with E-state index in [0.717, 1.165) is 6.07 Å². The smallest absolute Gasteiger partial charge is 0.248 e. The Morgan fingerprint density at radius 1 is 1.03 bits per heavy atom. The minimum Gasteiger partial charge on any atom is -0.347 e. The van der Waals surface area contributed by atoms with Crippen LogP contribution in [0.2, 0.25) is 10.0 Å². The number of hydrogen-bond acceptors (Lipinski definition) is 4. The number of pyridine rings is 1. The van der Waals surface area contributed by atoms with Gasteiger partial charge in [-0.25, -0.2) is 13.8 Å². The average Bonchev–Trinajstić information content (AvgIpc) is 2.73. The molecule has 1 N–H and O–H groups in total. The van der Waals surface area contributed by atoms with Gasteiger partial charge in [0.15, 0.2) is 11.6 Å². The van der Waals surface area contributed by atoms with Gasteiger partial charge in [0.1, 0.15) is 5.82 Å². The van der Waals surface area contributed by atoms with Crippen molar-refractivity contribution in [1.82, 2.24) is 15.0 Å². The standard InChI is InChI=1S/C21H14Cl2F2N4O/c22-15-2-1-3-16(23)14(15)11-29(18-9-26-6-7-27-18)10-12-8-19(30)28-21-13(12)4-5-17(24)20(21)25/h1-9H,10-11H2,(H,28,30). The van der Waals surface area contributed by atoms with Crippen molar-refractivity contribution in [1.29, 1.82) is 0 Å². The average molecular weight is 447 g/mol. The molecule has 0 aliphatic rings. The van der Waals surface area contributed by atoms with E-state index in [1.807, 2.05) is 0 Å². The summed E-state index contributed by atoms with van der Waals surface area (Å²) in [5, 5.41) is 1.33. The molecule has 0 aliphatic heterocycles. The van der Waals surface area contributed by atoms with Crippen molar-refractivity contribution in [2.45, 2.75) is 13.1 Å². The van der Waals surface area contributed by atoms with E-state index in [-0.39, 0.29) is 18.6 Å². The third-order valence-electron chi connectivity index (χ3n) is 4.64. The first-order chi connectivity index (χ1) is 14.4. The van der Waals surface area contributed by atoms with Crippen LogP contribution in [0.15, 0.2) is 59.8 Å². The maximum absolute atomic E-state index is 14.3. The minimum absolute atomic E-state index is 0.158. The fourth-order valence-corrected chi connectivity index (χ4v) is 3.74. The zero-order valence-corrected chi connectivity index (χ0v) is 16.9. The van der Waals surface area contributed by atoms with Crippen molar-refractivity contribution >= 4 is 39.9 Å². The van der Waals surface area contributed by atoms with Crippen LogP contribution in [0.5, 0.6) is 0 Å². The molecule has 4 rings (SSSR count). The molecule has 0 unspecified atom stereocenters. The molecule has 0 spiro atoms. The highest BCUT2D eigenvalue weighted by Gasteiger charge is 2.18. The van der Waals surface area contributed by atoms with Gasteiger partial charge in [0.05, 0.1) is 11.7 Å². The van der Waals surface area contributed by atoms with Crippen molar-refractivity contribution in [2.24, 2.45) is 0 Å². The molecule has 2 heterocycles. The molecule has 0 bridgehead atoms. The number of rotatable bonds is 5.